The molecule has 3 rings (SSSR count). The highest BCUT2D eigenvalue weighted by atomic mass is 19.2. The van der Waals surface area contributed by atoms with Gasteiger partial charge in [-0.1, -0.05) is 44.9 Å². The first kappa shape index (κ1) is 20.5. The predicted octanol–water partition coefficient (Wildman–Crippen LogP) is 6.84. The van der Waals surface area contributed by atoms with Crippen LogP contribution < -0.4 is 9.47 Å². The van der Waals surface area contributed by atoms with Gasteiger partial charge in [0, 0.05) is 17.5 Å². The maximum atomic E-state index is 14.8. The fourth-order valence-corrected chi connectivity index (χ4v) is 3.00. The Morgan fingerprint density at radius 2 is 1.90 bits per heavy atom. The second-order valence-corrected chi connectivity index (χ2v) is 6.65. The van der Waals surface area contributed by atoms with E-state index in [1.165, 1.54) is 6.07 Å². The molecule has 0 aliphatic carbocycles. The van der Waals surface area contributed by atoms with Crippen molar-refractivity contribution >= 4 is 0 Å². The highest BCUT2D eigenvalue weighted by Gasteiger charge is 2.29. The molecule has 150 valence electrons. The molecule has 5 heteroatoms. The van der Waals surface area contributed by atoms with E-state index in [0.29, 0.717) is 35.5 Å². The largest absolute Gasteiger partial charge is 0.490 e. The van der Waals surface area contributed by atoms with Gasteiger partial charge in [0.1, 0.15) is 12.4 Å². The molecule has 29 heavy (non-hydrogen) atoms. The molecular formula is C24H21F3O2. The Balaban J connectivity index is 2.01. The zero-order valence-corrected chi connectivity index (χ0v) is 16.2. The number of halogens is 3. The molecular weight excluding hydrogens is 377 g/mol. The van der Waals surface area contributed by atoms with Crippen molar-refractivity contribution in [1.82, 2.24) is 0 Å². The van der Waals surface area contributed by atoms with Gasteiger partial charge in [0.05, 0.1) is 0 Å². The van der Waals surface area contributed by atoms with Crippen LogP contribution in [-0.2, 0) is 6.42 Å². The highest BCUT2D eigenvalue weighted by Crippen LogP contribution is 2.41. The first-order valence-electron chi connectivity index (χ1n) is 9.16. The van der Waals surface area contributed by atoms with E-state index in [1.807, 2.05) is 0 Å². The summed E-state index contributed by atoms with van der Waals surface area (Å²) in [6.45, 7) is 13.1. The summed E-state index contributed by atoms with van der Waals surface area (Å²) in [5.74, 6) is -2.85. The van der Waals surface area contributed by atoms with Crippen molar-refractivity contribution in [3.05, 3.63) is 96.1 Å². The lowest BCUT2D eigenvalue weighted by molar-refractivity contribution is 0.355. The van der Waals surface area contributed by atoms with Crippen LogP contribution in [0.4, 0.5) is 13.2 Å². The van der Waals surface area contributed by atoms with E-state index in [0.717, 1.165) is 0 Å². The van der Waals surface area contributed by atoms with Crippen molar-refractivity contribution in [3.8, 4) is 22.6 Å². The van der Waals surface area contributed by atoms with Crippen molar-refractivity contribution < 1.29 is 22.6 Å². The first-order chi connectivity index (χ1) is 13.9. The second-order valence-electron chi connectivity index (χ2n) is 6.65. The normalized spacial score (nSPS) is 14.7. The van der Waals surface area contributed by atoms with Crippen LogP contribution in [0.25, 0.3) is 11.1 Å². The Kier molecular flexibility index (Phi) is 5.97. The van der Waals surface area contributed by atoms with Crippen molar-refractivity contribution in [2.75, 3.05) is 6.61 Å². The molecule has 0 amide bonds. The van der Waals surface area contributed by atoms with Gasteiger partial charge in [0.2, 0.25) is 5.82 Å². The van der Waals surface area contributed by atoms with Crippen LogP contribution in [0.1, 0.15) is 18.9 Å². The molecule has 0 radical (unpaired) electrons. The molecule has 0 fully saturated rings. The van der Waals surface area contributed by atoms with Crippen molar-refractivity contribution in [1.29, 1.82) is 0 Å². The second kappa shape index (κ2) is 8.43. The van der Waals surface area contributed by atoms with E-state index in [1.54, 1.807) is 37.3 Å². The zero-order valence-electron chi connectivity index (χ0n) is 16.2. The molecule has 0 spiro atoms. The molecule has 0 unspecified atom stereocenters. The van der Waals surface area contributed by atoms with Crippen molar-refractivity contribution in [3.63, 3.8) is 0 Å². The number of hydrogen-bond donors (Lipinski definition) is 0. The molecule has 2 nitrogen and oxygen atoms in total. The fourth-order valence-electron chi connectivity index (χ4n) is 3.00. The minimum atomic E-state index is -1.16. The Labute approximate surface area is 168 Å². The summed E-state index contributed by atoms with van der Waals surface area (Å²) >= 11 is 0. The van der Waals surface area contributed by atoms with Crippen LogP contribution in [0.2, 0.25) is 0 Å². The number of rotatable bonds is 6. The maximum absolute atomic E-state index is 14.8. The van der Waals surface area contributed by atoms with E-state index >= 15 is 0 Å². The van der Waals surface area contributed by atoms with E-state index in [4.69, 9.17) is 9.47 Å². The predicted molar refractivity (Wildman–Crippen MR) is 109 cm³/mol. The zero-order chi connectivity index (χ0) is 21.1. The Morgan fingerprint density at radius 3 is 2.52 bits per heavy atom. The van der Waals surface area contributed by atoms with Crippen LogP contribution >= 0.6 is 0 Å². The average molecular weight is 398 g/mol. The lowest BCUT2D eigenvalue weighted by Crippen LogP contribution is -2.14. The van der Waals surface area contributed by atoms with Gasteiger partial charge in [-0.15, -0.1) is 0 Å². The Morgan fingerprint density at radius 1 is 1.21 bits per heavy atom. The van der Waals surface area contributed by atoms with E-state index in [2.05, 4.69) is 19.7 Å². The summed E-state index contributed by atoms with van der Waals surface area (Å²) in [6.07, 6.45) is 2.11. The molecule has 0 N–H and O–H groups in total. The maximum Gasteiger partial charge on any atom is 0.202 e. The van der Waals surface area contributed by atoms with Gasteiger partial charge in [0.15, 0.2) is 23.2 Å². The summed E-state index contributed by atoms with van der Waals surface area (Å²) in [6, 6.07) is 8.10. The van der Waals surface area contributed by atoms with Gasteiger partial charge in [-0.2, -0.15) is 4.39 Å². The number of benzene rings is 2. The van der Waals surface area contributed by atoms with E-state index in [9.17, 15) is 13.2 Å². The summed E-state index contributed by atoms with van der Waals surface area (Å²) in [4.78, 5) is 0. The third-order valence-corrected chi connectivity index (χ3v) is 4.64. The molecule has 0 bridgehead atoms. The minimum absolute atomic E-state index is 0.0822. The van der Waals surface area contributed by atoms with E-state index in [-0.39, 0.29) is 29.1 Å². The number of ether oxygens (including phenoxy) is 2. The SMILES string of the molecule is C=CCOc1ccc(-c2cc3c(c(F)c2F)O/C(=C(\F)C(=C)CC)C(=C)C3)cc1. The van der Waals surface area contributed by atoms with Crippen molar-refractivity contribution in [2.45, 2.75) is 19.8 Å². The smallest absolute Gasteiger partial charge is 0.202 e. The molecule has 0 atom stereocenters. The molecule has 0 aromatic heterocycles. The standard InChI is InChI=1S/C24H21F3O2/c1-5-11-28-18-9-7-16(8-10-18)19-13-17-12-15(4)23(20(25)14(3)6-2)29-24(17)22(27)21(19)26/h5,7-10,13H,1,3-4,6,11-12H2,2H3/b23-20-. The average Bonchev–Trinajstić information content (AvgIpc) is 2.73. The Hall–Kier alpha value is -3.21. The van der Waals surface area contributed by atoms with Crippen LogP contribution in [-0.4, -0.2) is 6.61 Å². The lowest BCUT2D eigenvalue weighted by Gasteiger charge is -2.24. The molecule has 2 aromatic rings. The molecule has 1 heterocycles. The van der Waals surface area contributed by atoms with Crippen LogP contribution in [0.15, 0.2) is 78.9 Å². The third-order valence-electron chi connectivity index (χ3n) is 4.64. The number of fused-ring (bicyclic) bond motifs is 1. The van der Waals surface area contributed by atoms with Gasteiger partial charge in [-0.25, -0.2) is 8.78 Å². The topological polar surface area (TPSA) is 18.5 Å². The first-order valence-corrected chi connectivity index (χ1v) is 9.16. The lowest BCUT2D eigenvalue weighted by atomic mass is 9.94. The van der Waals surface area contributed by atoms with Crippen LogP contribution in [0.5, 0.6) is 11.5 Å². The Bertz CT molecular complexity index is 1020. The van der Waals surface area contributed by atoms with Gasteiger partial charge >= 0.3 is 0 Å². The summed E-state index contributed by atoms with van der Waals surface area (Å²) in [5.41, 5.74) is 1.51. The molecule has 0 saturated carbocycles. The highest BCUT2D eigenvalue weighted by molar-refractivity contribution is 5.69. The van der Waals surface area contributed by atoms with Crippen molar-refractivity contribution in [2.24, 2.45) is 0 Å². The molecule has 1 aliphatic rings. The number of hydrogen-bond acceptors (Lipinski definition) is 2. The summed E-state index contributed by atoms with van der Waals surface area (Å²) < 4.78 is 54.9. The molecule has 1 aliphatic heterocycles. The van der Waals surface area contributed by atoms with Gasteiger partial charge < -0.3 is 9.47 Å². The summed E-state index contributed by atoms with van der Waals surface area (Å²) in [5, 5.41) is 0. The minimum Gasteiger partial charge on any atom is -0.490 e. The molecule has 0 saturated heterocycles. The molecule has 2 aromatic carbocycles. The van der Waals surface area contributed by atoms with Gasteiger partial charge in [-0.3, -0.25) is 0 Å². The number of allylic oxidation sites excluding steroid dienone is 3. The monoisotopic (exact) mass is 398 g/mol. The summed E-state index contributed by atoms with van der Waals surface area (Å²) in [7, 11) is 0. The van der Waals surface area contributed by atoms with Gasteiger partial charge in [0.25, 0.3) is 0 Å². The quantitative estimate of drug-likeness (QED) is 0.496. The van der Waals surface area contributed by atoms with E-state index < -0.39 is 17.5 Å². The van der Waals surface area contributed by atoms with Crippen LogP contribution in [0.3, 0.4) is 0 Å². The fraction of sp³-hybridized carbons (Fsp3) is 0.167. The third kappa shape index (κ3) is 3.99. The van der Waals surface area contributed by atoms with Gasteiger partial charge in [-0.05, 0) is 41.3 Å². The van der Waals surface area contributed by atoms with Crippen LogP contribution in [0, 0.1) is 11.6 Å².